The van der Waals surface area contributed by atoms with Crippen LogP contribution in [0.5, 0.6) is 5.75 Å². The SMILES string of the molecule is CCOc1ccc([C@@H]2C[C@H]2CN(O)C(N)=O)cc1. The van der Waals surface area contributed by atoms with Gasteiger partial charge in [-0.2, -0.15) is 0 Å². The summed E-state index contributed by atoms with van der Waals surface area (Å²) in [6, 6.07) is 7.15. The lowest BCUT2D eigenvalue weighted by atomic mass is 10.1. The average Bonchev–Trinajstić information content (AvgIpc) is 3.09. The van der Waals surface area contributed by atoms with Crippen LogP contribution in [0, 0.1) is 5.92 Å². The van der Waals surface area contributed by atoms with Gasteiger partial charge in [0.1, 0.15) is 5.75 Å². The molecule has 5 nitrogen and oxygen atoms in total. The van der Waals surface area contributed by atoms with E-state index in [0.717, 1.165) is 12.2 Å². The van der Waals surface area contributed by atoms with Gasteiger partial charge in [-0.15, -0.1) is 0 Å². The first-order valence-corrected chi connectivity index (χ1v) is 6.10. The van der Waals surface area contributed by atoms with E-state index >= 15 is 0 Å². The summed E-state index contributed by atoms with van der Waals surface area (Å²) in [6.45, 7) is 2.90. The predicted octanol–water partition coefficient (Wildman–Crippen LogP) is 1.96. The van der Waals surface area contributed by atoms with Gasteiger partial charge in [0.15, 0.2) is 0 Å². The second-order valence-electron chi connectivity index (χ2n) is 4.52. The number of rotatable bonds is 5. The molecular formula is C13H18N2O3. The highest BCUT2D eigenvalue weighted by Crippen LogP contribution is 2.47. The van der Waals surface area contributed by atoms with E-state index in [-0.39, 0.29) is 0 Å². The highest BCUT2D eigenvalue weighted by Gasteiger charge is 2.39. The molecule has 5 heteroatoms. The van der Waals surface area contributed by atoms with Crippen LogP contribution in [0.4, 0.5) is 4.79 Å². The zero-order chi connectivity index (χ0) is 13.1. The lowest BCUT2D eigenvalue weighted by Gasteiger charge is -2.11. The van der Waals surface area contributed by atoms with E-state index in [1.807, 2.05) is 31.2 Å². The molecule has 0 bridgehead atoms. The molecule has 18 heavy (non-hydrogen) atoms. The quantitative estimate of drug-likeness (QED) is 0.619. The molecule has 0 unspecified atom stereocenters. The fraction of sp³-hybridized carbons (Fsp3) is 0.462. The Labute approximate surface area is 106 Å². The Balaban J connectivity index is 1.89. The van der Waals surface area contributed by atoms with Crippen LogP contribution in [0.1, 0.15) is 24.8 Å². The van der Waals surface area contributed by atoms with Crippen LogP contribution in [-0.4, -0.2) is 29.5 Å². The number of hydroxylamine groups is 2. The van der Waals surface area contributed by atoms with Gasteiger partial charge in [0, 0.05) is 0 Å². The molecule has 98 valence electrons. The first-order chi connectivity index (χ1) is 8.61. The minimum absolute atomic E-state index is 0.292. The lowest BCUT2D eigenvalue weighted by molar-refractivity contribution is -0.0431. The number of urea groups is 1. The fourth-order valence-corrected chi connectivity index (χ4v) is 2.15. The number of amides is 2. The van der Waals surface area contributed by atoms with E-state index in [1.54, 1.807) is 0 Å². The van der Waals surface area contributed by atoms with Crippen molar-refractivity contribution in [3.63, 3.8) is 0 Å². The summed E-state index contributed by atoms with van der Waals surface area (Å²) >= 11 is 0. The molecule has 1 aliphatic rings. The second-order valence-corrected chi connectivity index (χ2v) is 4.52. The molecule has 1 aliphatic carbocycles. The molecule has 0 heterocycles. The zero-order valence-corrected chi connectivity index (χ0v) is 10.4. The van der Waals surface area contributed by atoms with Crippen molar-refractivity contribution in [2.45, 2.75) is 19.3 Å². The first kappa shape index (κ1) is 12.7. The van der Waals surface area contributed by atoms with Gasteiger partial charge in [0.05, 0.1) is 13.2 Å². The number of carbonyl (C=O) groups excluding carboxylic acids is 1. The van der Waals surface area contributed by atoms with E-state index in [0.29, 0.717) is 30.1 Å². The number of hydrogen-bond donors (Lipinski definition) is 2. The third kappa shape index (κ3) is 2.92. The lowest BCUT2D eigenvalue weighted by Crippen LogP contribution is -2.34. The monoisotopic (exact) mass is 250 g/mol. The summed E-state index contributed by atoms with van der Waals surface area (Å²) in [7, 11) is 0. The van der Waals surface area contributed by atoms with Crippen LogP contribution in [0.3, 0.4) is 0 Å². The molecule has 3 N–H and O–H groups in total. The fourth-order valence-electron chi connectivity index (χ4n) is 2.15. The number of carbonyl (C=O) groups is 1. The number of benzene rings is 1. The van der Waals surface area contributed by atoms with Crippen molar-refractivity contribution in [1.29, 1.82) is 0 Å². The minimum atomic E-state index is -0.799. The third-order valence-electron chi connectivity index (χ3n) is 3.20. The number of primary amides is 1. The van der Waals surface area contributed by atoms with Crippen LogP contribution >= 0.6 is 0 Å². The Morgan fingerprint density at radius 2 is 2.17 bits per heavy atom. The highest BCUT2D eigenvalue weighted by atomic mass is 16.5. The zero-order valence-electron chi connectivity index (χ0n) is 10.4. The van der Waals surface area contributed by atoms with Gasteiger partial charge >= 0.3 is 6.03 Å². The predicted molar refractivity (Wildman–Crippen MR) is 66.5 cm³/mol. The maximum Gasteiger partial charge on any atom is 0.338 e. The van der Waals surface area contributed by atoms with Gasteiger partial charge in [-0.1, -0.05) is 12.1 Å². The van der Waals surface area contributed by atoms with E-state index in [9.17, 15) is 10.0 Å². The summed E-state index contributed by atoms with van der Waals surface area (Å²) in [5, 5.41) is 9.84. The molecule has 2 rings (SSSR count). The molecule has 0 aliphatic heterocycles. The number of hydrogen-bond acceptors (Lipinski definition) is 3. The molecule has 2 atom stereocenters. The van der Waals surface area contributed by atoms with Gasteiger partial charge in [-0.25, -0.2) is 9.86 Å². The molecule has 0 spiro atoms. The summed E-state index contributed by atoms with van der Waals surface area (Å²) < 4.78 is 5.37. The number of nitrogens with two attached hydrogens (primary N) is 1. The average molecular weight is 250 g/mol. The largest absolute Gasteiger partial charge is 0.494 e. The molecule has 1 aromatic carbocycles. The first-order valence-electron chi connectivity index (χ1n) is 6.10. The number of ether oxygens (including phenoxy) is 1. The van der Waals surface area contributed by atoms with Crippen LogP contribution < -0.4 is 10.5 Å². The van der Waals surface area contributed by atoms with Crippen molar-refractivity contribution in [3.8, 4) is 5.75 Å². The minimum Gasteiger partial charge on any atom is -0.494 e. The van der Waals surface area contributed by atoms with Gasteiger partial charge < -0.3 is 10.5 Å². The van der Waals surface area contributed by atoms with Crippen molar-refractivity contribution in [3.05, 3.63) is 29.8 Å². The summed E-state index contributed by atoms with van der Waals surface area (Å²) in [5.41, 5.74) is 6.18. The van der Waals surface area contributed by atoms with Gasteiger partial charge in [0.2, 0.25) is 0 Å². The van der Waals surface area contributed by atoms with Crippen LogP contribution in [0.25, 0.3) is 0 Å². The summed E-state index contributed by atoms with van der Waals surface area (Å²) in [6.07, 6.45) is 0.971. The van der Waals surface area contributed by atoms with Gasteiger partial charge in [-0.3, -0.25) is 5.21 Å². The molecule has 1 fully saturated rings. The Kier molecular flexibility index (Phi) is 3.72. The van der Waals surface area contributed by atoms with Crippen molar-refractivity contribution in [1.82, 2.24) is 5.06 Å². The van der Waals surface area contributed by atoms with Crippen LogP contribution in [-0.2, 0) is 0 Å². The Morgan fingerprint density at radius 3 is 2.72 bits per heavy atom. The topological polar surface area (TPSA) is 75.8 Å². The molecule has 0 aromatic heterocycles. The third-order valence-corrected chi connectivity index (χ3v) is 3.20. The van der Waals surface area contributed by atoms with E-state index in [2.05, 4.69) is 0 Å². The molecule has 2 amide bonds. The smallest absolute Gasteiger partial charge is 0.338 e. The van der Waals surface area contributed by atoms with E-state index in [1.165, 1.54) is 5.56 Å². The number of nitrogens with zero attached hydrogens (tertiary/aromatic N) is 1. The Bertz CT molecular complexity index is 419. The Morgan fingerprint density at radius 1 is 1.50 bits per heavy atom. The Hall–Kier alpha value is -1.75. The van der Waals surface area contributed by atoms with Crippen LogP contribution in [0.2, 0.25) is 0 Å². The van der Waals surface area contributed by atoms with E-state index in [4.69, 9.17) is 10.5 Å². The summed E-state index contributed by atoms with van der Waals surface area (Å²) in [5.74, 6) is 1.55. The maximum atomic E-state index is 10.7. The van der Waals surface area contributed by atoms with E-state index < -0.39 is 6.03 Å². The van der Waals surface area contributed by atoms with Crippen molar-refractivity contribution < 1.29 is 14.7 Å². The van der Waals surface area contributed by atoms with Crippen LogP contribution in [0.15, 0.2) is 24.3 Å². The molecule has 1 aromatic rings. The standard InChI is InChI=1S/C13H18N2O3/c1-2-18-11-5-3-9(4-6-11)12-7-10(12)8-15(17)13(14)16/h3-6,10,12,17H,2,7-8H2,1H3,(H2,14,16)/t10-,12-/m0/s1. The normalized spacial score (nSPS) is 21.4. The molecule has 0 radical (unpaired) electrons. The van der Waals surface area contributed by atoms with Crippen molar-refractivity contribution in [2.75, 3.05) is 13.2 Å². The molecule has 1 saturated carbocycles. The maximum absolute atomic E-state index is 10.7. The molecule has 0 saturated heterocycles. The van der Waals surface area contributed by atoms with Gasteiger partial charge in [0.25, 0.3) is 0 Å². The highest BCUT2D eigenvalue weighted by molar-refractivity contribution is 5.70. The van der Waals surface area contributed by atoms with Crippen molar-refractivity contribution in [2.24, 2.45) is 11.7 Å². The van der Waals surface area contributed by atoms with Crippen molar-refractivity contribution >= 4 is 6.03 Å². The summed E-state index contributed by atoms with van der Waals surface area (Å²) in [4.78, 5) is 10.7. The molecular weight excluding hydrogens is 232 g/mol. The second kappa shape index (κ2) is 5.27. The van der Waals surface area contributed by atoms with Gasteiger partial charge in [-0.05, 0) is 42.9 Å².